The van der Waals surface area contributed by atoms with Crippen LogP contribution in [0.4, 0.5) is 0 Å². The van der Waals surface area contributed by atoms with E-state index in [1.54, 1.807) is 0 Å². The summed E-state index contributed by atoms with van der Waals surface area (Å²) in [6.45, 7) is 2.56. The highest BCUT2D eigenvalue weighted by atomic mass is 32.2. The molecule has 0 spiro atoms. The summed E-state index contributed by atoms with van der Waals surface area (Å²) in [4.78, 5) is 19.8. The SMILES string of the molecule is Cc1cccc(CCOc2ccc(CC3SC(N)=NC3=O)cc2)n1. The van der Waals surface area contributed by atoms with E-state index in [-0.39, 0.29) is 11.2 Å². The molecule has 0 saturated carbocycles. The quantitative estimate of drug-likeness (QED) is 0.873. The third kappa shape index (κ3) is 4.35. The van der Waals surface area contributed by atoms with Gasteiger partial charge in [-0.05, 0) is 43.2 Å². The number of aryl methyl sites for hydroxylation is 1. The Morgan fingerprint density at radius 1 is 1.21 bits per heavy atom. The number of aromatic nitrogens is 1. The van der Waals surface area contributed by atoms with Crippen molar-refractivity contribution in [3.63, 3.8) is 0 Å². The number of nitrogens with two attached hydrogens (primary N) is 1. The second kappa shape index (κ2) is 7.49. The Bertz CT molecular complexity index is 759. The number of hydrogen-bond acceptors (Lipinski definition) is 5. The molecule has 0 bridgehead atoms. The van der Waals surface area contributed by atoms with Crippen molar-refractivity contribution in [2.75, 3.05) is 6.61 Å². The van der Waals surface area contributed by atoms with Crippen LogP contribution in [-0.4, -0.2) is 27.9 Å². The van der Waals surface area contributed by atoms with E-state index in [1.165, 1.54) is 11.8 Å². The van der Waals surface area contributed by atoms with Gasteiger partial charge in [0.15, 0.2) is 5.17 Å². The van der Waals surface area contributed by atoms with Gasteiger partial charge in [-0.25, -0.2) is 0 Å². The molecule has 0 saturated heterocycles. The van der Waals surface area contributed by atoms with Crippen molar-refractivity contribution >= 4 is 22.8 Å². The van der Waals surface area contributed by atoms with E-state index in [9.17, 15) is 4.79 Å². The van der Waals surface area contributed by atoms with Gasteiger partial charge in [0.25, 0.3) is 5.91 Å². The number of benzene rings is 1. The Morgan fingerprint density at radius 3 is 2.67 bits per heavy atom. The molecule has 6 heteroatoms. The fourth-order valence-electron chi connectivity index (χ4n) is 2.48. The minimum atomic E-state index is -0.204. The number of amidine groups is 1. The van der Waals surface area contributed by atoms with Gasteiger partial charge in [-0.2, -0.15) is 4.99 Å². The predicted molar refractivity (Wildman–Crippen MR) is 96.3 cm³/mol. The van der Waals surface area contributed by atoms with E-state index in [1.807, 2.05) is 49.4 Å². The van der Waals surface area contributed by atoms with Crippen LogP contribution in [0.25, 0.3) is 0 Å². The van der Waals surface area contributed by atoms with E-state index < -0.39 is 0 Å². The molecule has 5 nitrogen and oxygen atoms in total. The third-order valence-electron chi connectivity index (χ3n) is 3.68. The van der Waals surface area contributed by atoms with E-state index >= 15 is 0 Å². The van der Waals surface area contributed by atoms with Crippen molar-refractivity contribution < 1.29 is 9.53 Å². The molecule has 1 aliphatic rings. The lowest BCUT2D eigenvalue weighted by atomic mass is 10.1. The third-order valence-corrected chi connectivity index (χ3v) is 4.66. The minimum absolute atomic E-state index is 0.150. The van der Waals surface area contributed by atoms with Crippen molar-refractivity contribution in [2.24, 2.45) is 10.7 Å². The summed E-state index contributed by atoms with van der Waals surface area (Å²) in [6, 6.07) is 13.8. The van der Waals surface area contributed by atoms with Crippen molar-refractivity contribution in [1.29, 1.82) is 0 Å². The lowest BCUT2D eigenvalue weighted by molar-refractivity contribution is -0.117. The minimum Gasteiger partial charge on any atom is -0.493 e. The number of hydrogen-bond donors (Lipinski definition) is 1. The molecule has 24 heavy (non-hydrogen) atoms. The molecule has 3 rings (SSSR count). The second-order valence-electron chi connectivity index (χ2n) is 5.61. The first-order chi connectivity index (χ1) is 11.6. The van der Waals surface area contributed by atoms with Crippen molar-refractivity contribution in [1.82, 2.24) is 4.98 Å². The van der Waals surface area contributed by atoms with Crippen molar-refractivity contribution in [2.45, 2.75) is 25.0 Å². The maximum Gasteiger partial charge on any atom is 0.261 e. The maximum atomic E-state index is 11.6. The van der Waals surface area contributed by atoms with Crippen LogP contribution in [0.3, 0.4) is 0 Å². The Kier molecular flexibility index (Phi) is 5.15. The normalized spacial score (nSPS) is 17.0. The number of carbonyl (C=O) groups excluding carboxylic acids is 1. The first kappa shape index (κ1) is 16.5. The molecule has 1 unspecified atom stereocenters. The second-order valence-corrected chi connectivity index (χ2v) is 6.83. The molecule has 124 valence electrons. The van der Waals surface area contributed by atoms with E-state index in [2.05, 4.69) is 9.98 Å². The summed E-state index contributed by atoms with van der Waals surface area (Å²) in [5.41, 5.74) is 8.68. The number of nitrogens with zero attached hydrogens (tertiary/aromatic N) is 2. The number of ether oxygens (including phenoxy) is 1. The summed E-state index contributed by atoms with van der Waals surface area (Å²) < 4.78 is 5.76. The molecule has 0 radical (unpaired) electrons. The van der Waals surface area contributed by atoms with Crippen molar-refractivity contribution in [3.8, 4) is 5.75 Å². The van der Waals surface area contributed by atoms with Gasteiger partial charge in [0.2, 0.25) is 0 Å². The number of amides is 1. The zero-order valence-corrected chi connectivity index (χ0v) is 14.3. The van der Waals surface area contributed by atoms with Gasteiger partial charge < -0.3 is 10.5 Å². The number of carbonyl (C=O) groups is 1. The smallest absolute Gasteiger partial charge is 0.261 e. The highest BCUT2D eigenvalue weighted by Gasteiger charge is 2.26. The molecular formula is C18H19N3O2S. The Balaban J connectivity index is 1.49. The van der Waals surface area contributed by atoms with Crippen LogP contribution in [0.15, 0.2) is 47.5 Å². The first-order valence-electron chi connectivity index (χ1n) is 7.79. The van der Waals surface area contributed by atoms with Crippen molar-refractivity contribution in [3.05, 3.63) is 59.4 Å². The molecule has 1 amide bonds. The zero-order valence-electron chi connectivity index (χ0n) is 13.4. The van der Waals surface area contributed by atoms with Crippen LogP contribution in [0.1, 0.15) is 17.0 Å². The lowest BCUT2D eigenvalue weighted by Gasteiger charge is -2.09. The van der Waals surface area contributed by atoms with E-state index in [0.29, 0.717) is 18.2 Å². The summed E-state index contributed by atoms with van der Waals surface area (Å²) in [5, 5.41) is 0.152. The number of rotatable bonds is 6. The van der Waals surface area contributed by atoms with Crippen LogP contribution in [0, 0.1) is 6.92 Å². The fourth-order valence-corrected chi connectivity index (χ4v) is 3.34. The lowest BCUT2D eigenvalue weighted by Crippen LogP contribution is -2.14. The first-order valence-corrected chi connectivity index (χ1v) is 8.67. The monoisotopic (exact) mass is 341 g/mol. The Morgan fingerprint density at radius 2 is 2.00 bits per heavy atom. The van der Waals surface area contributed by atoms with Crippen LogP contribution in [0.2, 0.25) is 0 Å². The van der Waals surface area contributed by atoms with Gasteiger partial charge in [-0.3, -0.25) is 9.78 Å². The average molecular weight is 341 g/mol. The molecule has 2 N–H and O–H groups in total. The molecule has 1 aliphatic heterocycles. The predicted octanol–water partition coefficient (Wildman–Crippen LogP) is 2.51. The van der Waals surface area contributed by atoms with Crippen LogP contribution in [-0.2, 0) is 17.6 Å². The highest BCUT2D eigenvalue weighted by molar-refractivity contribution is 8.15. The van der Waals surface area contributed by atoms with Crippen LogP contribution >= 0.6 is 11.8 Å². The standard InChI is InChI=1S/C18H19N3O2S/c1-12-3-2-4-14(20-12)9-10-23-15-7-5-13(6-8-15)11-16-17(22)21-18(19)24-16/h2-8,16H,9-11H2,1H3,(H2,19,21,22). The molecule has 1 aromatic carbocycles. The number of aliphatic imine (C=N–C) groups is 1. The van der Waals surface area contributed by atoms with Gasteiger partial charge >= 0.3 is 0 Å². The maximum absolute atomic E-state index is 11.6. The summed E-state index contributed by atoms with van der Waals surface area (Å²) in [5.74, 6) is 0.663. The molecule has 1 atom stereocenters. The number of thioether (sulfide) groups is 1. The van der Waals surface area contributed by atoms with Crippen LogP contribution in [0.5, 0.6) is 5.75 Å². The topological polar surface area (TPSA) is 77.6 Å². The summed E-state index contributed by atoms with van der Waals surface area (Å²) >= 11 is 1.33. The van der Waals surface area contributed by atoms with Gasteiger partial charge in [-0.1, -0.05) is 30.0 Å². The molecule has 0 aliphatic carbocycles. The molecule has 2 aromatic rings. The zero-order chi connectivity index (χ0) is 16.9. The highest BCUT2D eigenvalue weighted by Crippen LogP contribution is 2.24. The van der Waals surface area contributed by atoms with Gasteiger partial charge in [0, 0.05) is 17.8 Å². The largest absolute Gasteiger partial charge is 0.493 e. The van der Waals surface area contributed by atoms with E-state index in [0.717, 1.165) is 29.1 Å². The summed E-state index contributed by atoms with van der Waals surface area (Å²) in [7, 11) is 0. The van der Waals surface area contributed by atoms with Gasteiger partial charge in [0.1, 0.15) is 5.75 Å². The molecule has 0 fully saturated rings. The van der Waals surface area contributed by atoms with Gasteiger partial charge in [-0.15, -0.1) is 0 Å². The average Bonchev–Trinajstić information content (AvgIpc) is 2.87. The molecule has 2 heterocycles. The molecule has 1 aromatic heterocycles. The fraction of sp³-hybridized carbons (Fsp3) is 0.278. The van der Waals surface area contributed by atoms with Gasteiger partial charge in [0.05, 0.1) is 11.9 Å². The summed E-state index contributed by atoms with van der Waals surface area (Å²) in [6.07, 6.45) is 1.40. The Hall–Kier alpha value is -2.34. The number of pyridine rings is 1. The van der Waals surface area contributed by atoms with Crippen LogP contribution < -0.4 is 10.5 Å². The molecular weight excluding hydrogens is 322 g/mol. The van der Waals surface area contributed by atoms with E-state index in [4.69, 9.17) is 10.5 Å². The Labute approximate surface area is 145 Å².